The number of aliphatic hydroxyl groups is 1. The largest absolute Gasteiger partial charge is 0.409 e. The van der Waals surface area contributed by atoms with E-state index in [1.165, 1.54) is 0 Å². The highest BCUT2D eigenvalue weighted by Gasteiger charge is 2.28. The van der Waals surface area contributed by atoms with Crippen LogP contribution in [-0.4, -0.2) is 47.3 Å². The molecule has 1 aliphatic rings. The van der Waals surface area contributed by atoms with Crippen molar-refractivity contribution < 1.29 is 10.3 Å². The zero-order chi connectivity index (χ0) is 13.8. The van der Waals surface area contributed by atoms with Crippen LogP contribution in [0.5, 0.6) is 0 Å². The quantitative estimate of drug-likeness (QED) is 0.277. The number of nitrogens with two attached hydrogens (primary N) is 1. The Morgan fingerprint density at radius 1 is 1.44 bits per heavy atom. The minimum Gasteiger partial charge on any atom is -0.409 e. The first kappa shape index (κ1) is 15.2. The van der Waals surface area contributed by atoms with Crippen molar-refractivity contribution in [3.8, 4) is 0 Å². The second-order valence-electron chi connectivity index (χ2n) is 6.23. The van der Waals surface area contributed by atoms with Crippen molar-refractivity contribution in [2.24, 2.45) is 22.2 Å². The highest BCUT2D eigenvalue weighted by Crippen LogP contribution is 2.28. The molecule has 106 valence electrons. The number of oxime groups is 1. The molecule has 0 atom stereocenters. The molecule has 0 radical (unpaired) electrons. The second kappa shape index (κ2) is 6.38. The summed E-state index contributed by atoms with van der Waals surface area (Å²) in [6.45, 7) is 6.05. The molecule has 0 saturated heterocycles. The Hall–Kier alpha value is -0.810. The van der Waals surface area contributed by atoms with Gasteiger partial charge < -0.3 is 20.9 Å². The third kappa shape index (κ3) is 4.46. The van der Waals surface area contributed by atoms with Gasteiger partial charge in [0.2, 0.25) is 0 Å². The van der Waals surface area contributed by atoms with Crippen molar-refractivity contribution in [2.75, 3.05) is 20.1 Å². The summed E-state index contributed by atoms with van der Waals surface area (Å²) in [7, 11) is 2.11. The van der Waals surface area contributed by atoms with Crippen molar-refractivity contribution in [3.63, 3.8) is 0 Å². The lowest BCUT2D eigenvalue weighted by atomic mass is 9.82. The van der Waals surface area contributed by atoms with Gasteiger partial charge in [-0.05, 0) is 45.2 Å². The van der Waals surface area contributed by atoms with Crippen LogP contribution in [0, 0.1) is 11.3 Å². The summed E-state index contributed by atoms with van der Waals surface area (Å²) in [5.74, 6) is 0.953. The number of rotatable bonds is 7. The molecule has 0 heterocycles. The highest BCUT2D eigenvalue weighted by molar-refractivity contribution is 5.85. The van der Waals surface area contributed by atoms with Gasteiger partial charge >= 0.3 is 0 Å². The molecule has 5 heteroatoms. The van der Waals surface area contributed by atoms with Gasteiger partial charge in [-0.3, -0.25) is 0 Å². The Morgan fingerprint density at radius 2 is 2.06 bits per heavy atom. The molecule has 1 rings (SSSR count). The van der Waals surface area contributed by atoms with Gasteiger partial charge in [0, 0.05) is 12.0 Å². The standard InChI is InChI=1S/C13H27N3O2/c1-13(2,12(14)15-18)5-4-6-16(3)9-10-7-11(17)8-10/h10-11,17-18H,4-9H2,1-3H3,(H2,14,15). The highest BCUT2D eigenvalue weighted by atomic mass is 16.4. The molecule has 0 unspecified atom stereocenters. The average molecular weight is 257 g/mol. The van der Waals surface area contributed by atoms with E-state index in [-0.39, 0.29) is 11.5 Å². The maximum absolute atomic E-state index is 9.23. The maximum Gasteiger partial charge on any atom is 0.144 e. The van der Waals surface area contributed by atoms with Crippen LogP contribution in [0.15, 0.2) is 5.16 Å². The van der Waals surface area contributed by atoms with Gasteiger partial charge in [-0.1, -0.05) is 19.0 Å². The Labute approximate surface area is 110 Å². The van der Waals surface area contributed by atoms with Crippen LogP contribution in [0.25, 0.3) is 0 Å². The normalized spacial score (nSPS) is 25.3. The predicted octanol–water partition coefficient (Wildman–Crippen LogP) is 1.24. The van der Waals surface area contributed by atoms with E-state index in [2.05, 4.69) is 17.1 Å². The summed E-state index contributed by atoms with van der Waals surface area (Å²) in [5, 5.41) is 21.0. The number of nitrogens with zero attached hydrogens (tertiary/aromatic N) is 2. The van der Waals surface area contributed by atoms with E-state index in [0.29, 0.717) is 11.8 Å². The molecule has 1 aliphatic carbocycles. The SMILES string of the molecule is CN(CCCC(C)(C)C(N)=NO)CC1CC(O)C1. The molecule has 0 aromatic carbocycles. The molecule has 4 N–H and O–H groups in total. The minimum absolute atomic E-state index is 0.0668. The zero-order valence-corrected chi connectivity index (χ0v) is 11.8. The summed E-state index contributed by atoms with van der Waals surface area (Å²) in [6.07, 6.45) is 3.75. The molecular formula is C13H27N3O2. The maximum atomic E-state index is 9.23. The Bertz CT molecular complexity index is 286. The van der Waals surface area contributed by atoms with Crippen LogP contribution in [-0.2, 0) is 0 Å². The summed E-state index contributed by atoms with van der Waals surface area (Å²) in [4.78, 5) is 2.30. The van der Waals surface area contributed by atoms with Gasteiger partial charge in [0.25, 0.3) is 0 Å². The topological polar surface area (TPSA) is 82.1 Å². The average Bonchev–Trinajstić information content (AvgIpc) is 2.25. The minimum atomic E-state index is -0.248. The molecule has 5 nitrogen and oxygen atoms in total. The molecular weight excluding hydrogens is 230 g/mol. The van der Waals surface area contributed by atoms with E-state index in [1.54, 1.807) is 0 Å². The van der Waals surface area contributed by atoms with Crippen LogP contribution in [0.4, 0.5) is 0 Å². The van der Waals surface area contributed by atoms with Crippen molar-refractivity contribution in [2.45, 2.75) is 45.6 Å². The van der Waals surface area contributed by atoms with E-state index in [4.69, 9.17) is 10.9 Å². The Morgan fingerprint density at radius 3 is 2.56 bits per heavy atom. The van der Waals surface area contributed by atoms with Crippen molar-refractivity contribution in [3.05, 3.63) is 0 Å². The van der Waals surface area contributed by atoms with Crippen molar-refractivity contribution >= 4 is 5.84 Å². The number of hydrogen-bond acceptors (Lipinski definition) is 4. The van der Waals surface area contributed by atoms with E-state index in [9.17, 15) is 5.11 Å². The lowest BCUT2D eigenvalue weighted by Gasteiger charge is -2.34. The molecule has 0 bridgehead atoms. The third-order valence-electron chi connectivity index (χ3n) is 3.92. The molecule has 0 aromatic heterocycles. The van der Waals surface area contributed by atoms with Crippen LogP contribution in [0.1, 0.15) is 39.5 Å². The zero-order valence-electron chi connectivity index (χ0n) is 11.8. The molecule has 1 fully saturated rings. The first-order valence-corrected chi connectivity index (χ1v) is 6.69. The van der Waals surface area contributed by atoms with Crippen molar-refractivity contribution in [1.82, 2.24) is 4.90 Å². The lowest BCUT2D eigenvalue weighted by Crippen LogP contribution is -2.38. The molecule has 1 saturated carbocycles. The fourth-order valence-electron chi connectivity index (χ4n) is 2.44. The molecule has 0 aromatic rings. The lowest BCUT2D eigenvalue weighted by molar-refractivity contribution is 0.0280. The number of amidine groups is 1. The van der Waals surface area contributed by atoms with Gasteiger partial charge in [-0.25, -0.2) is 0 Å². The van der Waals surface area contributed by atoms with Crippen LogP contribution >= 0.6 is 0 Å². The number of hydrogen-bond donors (Lipinski definition) is 3. The fourth-order valence-corrected chi connectivity index (χ4v) is 2.44. The first-order chi connectivity index (χ1) is 8.35. The van der Waals surface area contributed by atoms with E-state index in [1.807, 2.05) is 13.8 Å². The summed E-state index contributed by atoms with van der Waals surface area (Å²) in [6, 6.07) is 0. The molecule has 0 aliphatic heterocycles. The van der Waals surface area contributed by atoms with Gasteiger partial charge in [-0.2, -0.15) is 0 Å². The van der Waals surface area contributed by atoms with Gasteiger partial charge in [0.1, 0.15) is 5.84 Å². The molecule has 0 spiro atoms. The van der Waals surface area contributed by atoms with Crippen LogP contribution < -0.4 is 5.73 Å². The van der Waals surface area contributed by atoms with Crippen molar-refractivity contribution in [1.29, 1.82) is 0 Å². The second-order valence-corrected chi connectivity index (χ2v) is 6.23. The summed E-state index contributed by atoms with van der Waals surface area (Å²) in [5.41, 5.74) is 5.41. The third-order valence-corrected chi connectivity index (χ3v) is 3.92. The Kier molecular flexibility index (Phi) is 5.41. The first-order valence-electron chi connectivity index (χ1n) is 6.69. The van der Waals surface area contributed by atoms with Gasteiger partial charge in [0.05, 0.1) is 6.10 Å². The van der Waals surface area contributed by atoms with E-state index in [0.717, 1.165) is 38.8 Å². The molecule has 18 heavy (non-hydrogen) atoms. The fraction of sp³-hybridized carbons (Fsp3) is 0.923. The summed E-state index contributed by atoms with van der Waals surface area (Å²) < 4.78 is 0. The monoisotopic (exact) mass is 257 g/mol. The number of aliphatic hydroxyl groups excluding tert-OH is 1. The summed E-state index contributed by atoms with van der Waals surface area (Å²) >= 11 is 0. The predicted molar refractivity (Wildman–Crippen MR) is 72.7 cm³/mol. The van der Waals surface area contributed by atoms with Crippen LogP contribution in [0.2, 0.25) is 0 Å². The smallest absolute Gasteiger partial charge is 0.144 e. The van der Waals surface area contributed by atoms with E-state index < -0.39 is 0 Å². The van der Waals surface area contributed by atoms with E-state index >= 15 is 0 Å². The van der Waals surface area contributed by atoms with Gasteiger partial charge in [0.15, 0.2) is 0 Å². The van der Waals surface area contributed by atoms with Gasteiger partial charge in [-0.15, -0.1) is 0 Å². The Balaban J connectivity index is 2.17. The molecule has 0 amide bonds. The van der Waals surface area contributed by atoms with Crippen LogP contribution in [0.3, 0.4) is 0 Å².